The van der Waals surface area contributed by atoms with Crippen LogP contribution in [0.15, 0.2) is 24.4 Å². The van der Waals surface area contributed by atoms with E-state index in [4.69, 9.17) is 4.74 Å². The van der Waals surface area contributed by atoms with Crippen molar-refractivity contribution >= 4 is 11.7 Å². The maximum absolute atomic E-state index is 12.2. The monoisotopic (exact) mass is 329 g/mol. The molecule has 7 nitrogen and oxygen atoms in total. The maximum Gasteiger partial charge on any atom is 0.315 e. The van der Waals surface area contributed by atoms with Crippen LogP contribution < -0.4 is 10.6 Å². The number of carbonyl (C=O) groups is 1. The van der Waals surface area contributed by atoms with Gasteiger partial charge in [-0.2, -0.15) is 0 Å². The smallest absolute Gasteiger partial charge is 0.315 e. The molecule has 2 saturated carbocycles. The fourth-order valence-corrected chi connectivity index (χ4v) is 4.02. The van der Waals surface area contributed by atoms with Crippen LogP contribution in [0, 0.1) is 5.41 Å². The van der Waals surface area contributed by atoms with Crippen molar-refractivity contribution in [3.63, 3.8) is 0 Å². The number of pyridine rings is 1. The van der Waals surface area contributed by atoms with Gasteiger partial charge in [0.2, 0.25) is 0 Å². The number of rotatable bonds is 5. The lowest BCUT2D eigenvalue weighted by Gasteiger charge is -2.60. The summed E-state index contributed by atoms with van der Waals surface area (Å²) in [6.07, 6.45) is 6.65. The van der Waals surface area contributed by atoms with E-state index < -0.39 is 0 Å². The molecule has 0 unspecified atom stereocenters. The van der Waals surface area contributed by atoms with E-state index in [2.05, 4.69) is 20.8 Å². The van der Waals surface area contributed by atoms with Gasteiger partial charge in [-0.15, -0.1) is 10.2 Å². The first kappa shape index (κ1) is 15.4. The molecule has 2 aromatic rings. The van der Waals surface area contributed by atoms with Gasteiger partial charge in [-0.1, -0.05) is 12.5 Å². The minimum atomic E-state index is -0.145. The number of ether oxygens (including phenoxy) is 1. The van der Waals surface area contributed by atoms with Crippen LogP contribution in [0.1, 0.15) is 38.4 Å². The molecule has 0 aromatic carbocycles. The molecule has 4 rings (SSSR count). The molecule has 2 heterocycles. The normalized spacial score (nSPS) is 24.4. The van der Waals surface area contributed by atoms with Gasteiger partial charge < -0.3 is 15.4 Å². The Morgan fingerprint density at radius 1 is 1.42 bits per heavy atom. The minimum absolute atomic E-state index is 0.145. The van der Waals surface area contributed by atoms with Crippen LogP contribution in [-0.2, 0) is 11.3 Å². The number of carbonyl (C=O) groups excluding carboxylic acids is 1. The number of hydrogen-bond acceptors (Lipinski definition) is 4. The number of amides is 2. The first-order valence-corrected chi connectivity index (χ1v) is 8.67. The van der Waals surface area contributed by atoms with Gasteiger partial charge in [0.05, 0.1) is 12.6 Å². The zero-order chi connectivity index (χ0) is 16.6. The summed E-state index contributed by atoms with van der Waals surface area (Å²) in [5.74, 6) is 0.722. The second kappa shape index (κ2) is 6.05. The number of hydrogen-bond donors (Lipinski definition) is 2. The quantitative estimate of drug-likeness (QED) is 0.877. The molecule has 2 aliphatic rings. The summed E-state index contributed by atoms with van der Waals surface area (Å²) in [6, 6.07) is 5.80. The van der Waals surface area contributed by atoms with Gasteiger partial charge in [0.25, 0.3) is 0 Å². The Morgan fingerprint density at radius 2 is 2.29 bits per heavy atom. The molecule has 2 atom stereocenters. The fourth-order valence-electron chi connectivity index (χ4n) is 4.02. The molecule has 128 valence electrons. The summed E-state index contributed by atoms with van der Waals surface area (Å²) < 4.78 is 7.70. The SMILES string of the molecule is CCO[C@H]1C[C@H](NC(=O)NCc2nnc3ccccn23)C12CCC2. The Bertz CT molecular complexity index is 739. The number of fused-ring (bicyclic) bond motifs is 1. The zero-order valence-electron chi connectivity index (χ0n) is 13.9. The Balaban J connectivity index is 1.33. The van der Waals surface area contributed by atoms with E-state index in [0.29, 0.717) is 12.6 Å². The van der Waals surface area contributed by atoms with Crippen molar-refractivity contribution in [3.8, 4) is 0 Å². The number of nitrogens with zero attached hydrogens (tertiary/aromatic N) is 3. The third-order valence-corrected chi connectivity index (χ3v) is 5.53. The van der Waals surface area contributed by atoms with E-state index in [0.717, 1.165) is 37.3 Å². The number of nitrogens with one attached hydrogen (secondary N) is 2. The van der Waals surface area contributed by atoms with Gasteiger partial charge in [-0.05, 0) is 38.3 Å². The maximum atomic E-state index is 12.2. The highest BCUT2D eigenvalue weighted by atomic mass is 16.5. The summed E-state index contributed by atoms with van der Waals surface area (Å²) in [6.45, 7) is 3.12. The van der Waals surface area contributed by atoms with Gasteiger partial charge in [0.15, 0.2) is 11.5 Å². The molecule has 0 bridgehead atoms. The fraction of sp³-hybridized carbons (Fsp3) is 0.588. The van der Waals surface area contributed by atoms with Gasteiger partial charge in [0.1, 0.15) is 0 Å². The van der Waals surface area contributed by atoms with Crippen molar-refractivity contribution in [1.29, 1.82) is 0 Å². The first-order chi connectivity index (χ1) is 11.7. The topological polar surface area (TPSA) is 80.5 Å². The van der Waals surface area contributed by atoms with Gasteiger partial charge in [0, 0.05) is 24.3 Å². The molecule has 2 amide bonds. The lowest BCUT2D eigenvalue weighted by atomic mass is 9.51. The average molecular weight is 329 g/mol. The van der Waals surface area contributed by atoms with E-state index in [1.807, 2.05) is 35.7 Å². The van der Waals surface area contributed by atoms with Crippen molar-refractivity contribution < 1.29 is 9.53 Å². The molecule has 0 aliphatic heterocycles. The van der Waals surface area contributed by atoms with E-state index in [9.17, 15) is 4.79 Å². The lowest BCUT2D eigenvalue weighted by molar-refractivity contribution is -0.169. The molecule has 0 radical (unpaired) electrons. The zero-order valence-corrected chi connectivity index (χ0v) is 13.9. The van der Waals surface area contributed by atoms with Crippen molar-refractivity contribution in [3.05, 3.63) is 30.2 Å². The molecule has 2 N–H and O–H groups in total. The number of urea groups is 1. The minimum Gasteiger partial charge on any atom is -0.378 e. The van der Waals surface area contributed by atoms with Crippen LogP contribution >= 0.6 is 0 Å². The van der Waals surface area contributed by atoms with E-state index in [1.165, 1.54) is 6.42 Å². The Hall–Kier alpha value is -2.15. The Kier molecular flexibility index (Phi) is 3.88. The second-order valence-electron chi connectivity index (χ2n) is 6.69. The molecule has 7 heteroatoms. The van der Waals surface area contributed by atoms with E-state index in [-0.39, 0.29) is 17.5 Å². The molecule has 2 fully saturated rings. The average Bonchev–Trinajstić information content (AvgIpc) is 2.93. The second-order valence-corrected chi connectivity index (χ2v) is 6.69. The third kappa shape index (κ3) is 2.43. The van der Waals surface area contributed by atoms with Crippen LogP contribution in [0.4, 0.5) is 4.79 Å². The van der Waals surface area contributed by atoms with Crippen molar-refractivity contribution in [1.82, 2.24) is 25.2 Å². The Labute approximate surface area is 140 Å². The Morgan fingerprint density at radius 3 is 3.04 bits per heavy atom. The summed E-state index contributed by atoms with van der Waals surface area (Å²) in [5.41, 5.74) is 0.955. The van der Waals surface area contributed by atoms with Gasteiger partial charge in [-0.3, -0.25) is 4.40 Å². The van der Waals surface area contributed by atoms with Crippen LogP contribution in [0.3, 0.4) is 0 Å². The molecule has 0 saturated heterocycles. The highest BCUT2D eigenvalue weighted by Gasteiger charge is 2.59. The predicted octanol–water partition coefficient (Wildman–Crippen LogP) is 1.88. The van der Waals surface area contributed by atoms with Crippen molar-refractivity contribution in [2.24, 2.45) is 5.41 Å². The van der Waals surface area contributed by atoms with Crippen LogP contribution in [0.2, 0.25) is 0 Å². The predicted molar refractivity (Wildman–Crippen MR) is 88.5 cm³/mol. The first-order valence-electron chi connectivity index (χ1n) is 8.67. The highest BCUT2D eigenvalue weighted by molar-refractivity contribution is 5.74. The summed E-state index contributed by atoms with van der Waals surface area (Å²) in [5, 5.41) is 14.2. The van der Waals surface area contributed by atoms with E-state index in [1.54, 1.807) is 0 Å². The van der Waals surface area contributed by atoms with Crippen LogP contribution in [0.5, 0.6) is 0 Å². The van der Waals surface area contributed by atoms with Gasteiger partial charge in [-0.25, -0.2) is 4.79 Å². The molecule has 1 spiro atoms. The van der Waals surface area contributed by atoms with E-state index >= 15 is 0 Å². The molecule has 2 aromatic heterocycles. The van der Waals surface area contributed by atoms with Crippen molar-refractivity contribution in [2.45, 2.75) is 51.3 Å². The van der Waals surface area contributed by atoms with Crippen LogP contribution in [0.25, 0.3) is 5.65 Å². The standard InChI is InChI=1S/C17H23N5O2/c1-2-24-13-10-12(17(13)7-5-8-17)19-16(23)18-11-15-21-20-14-6-3-4-9-22(14)15/h3-4,6,9,12-13H,2,5,7-8,10-11H2,1H3,(H2,18,19,23)/t12-,13-/m0/s1. The summed E-state index contributed by atoms with van der Waals surface area (Å²) in [4.78, 5) is 12.2. The summed E-state index contributed by atoms with van der Waals surface area (Å²) >= 11 is 0. The molecule has 2 aliphatic carbocycles. The van der Waals surface area contributed by atoms with Crippen LogP contribution in [-0.4, -0.2) is 39.4 Å². The number of aromatic nitrogens is 3. The molecular formula is C17H23N5O2. The highest BCUT2D eigenvalue weighted by Crippen LogP contribution is 2.57. The lowest BCUT2D eigenvalue weighted by Crippen LogP contribution is -2.68. The van der Waals surface area contributed by atoms with Crippen molar-refractivity contribution in [2.75, 3.05) is 6.61 Å². The molecule has 24 heavy (non-hydrogen) atoms. The summed E-state index contributed by atoms with van der Waals surface area (Å²) in [7, 11) is 0. The molecular weight excluding hydrogens is 306 g/mol. The third-order valence-electron chi connectivity index (χ3n) is 5.53. The largest absolute Gasteiger partial charge is 0.378 e. The van der Waals surface area contributed by atoms with Gasteiger partial charge >= 0.3 is 6.03 Å².